The normalized spacial score (nSPS) is 39.6. The average molecular weight is 604 g/mol. The van der Waals surface area contributed by atoms with Crippen LogP contribution in [0.2, 0.25) is 0 Å². The molecular weight excluding hydrogens is 554 g/mol. The topological polar surface area (TPSA) is 217 Å². The van der Waals surface area contributed by atoms with Gasteiger partial charge in [-0.2, -0.15) is 0 Å². The van der Waals surface area contributed by atoms with Gasteiger partial charge >= 0.3 is 5.97 Å². The first-order valence-electron chi connectivity index (χ1n) is 15.2. The minimum Gasteiger partial charge on any atom is -0.509 e. The fourth-order valence-corrected chi connectivity index (χ4v) is 9.72. The summed E-state index contributed by atoms with van der Waals surface area (Å²) < 4.78 is 0. The summed E-state index contributed by atoms with van der Waals surface area (Å²) in [6, 6.07) is 0. The number of aliphatic carboxylic acids is 1. The predicted molar refractivity (Wildman–Crippen MR) is 160 cm³/mol. The average Bonchev–Trinajstić information content (AvgIpc) is 3.11. The molecule has 0 bridgehead atoms. The summed E-state index contributed by atoms with van der Waals surface area (Å²) in [6.07, 6.45) is -2.13. The molecule has 0 aliphatic heterocycles. The van der Waals surface area contributed by atoms with Crippen molar-refractivity contribution in [2.75, 3.05) is 6.54 Å². The van der Waals surface area contributed by atoms with Gasteiger partial charge in [0.05, 0.1) is 17.8 Å². The van der Waals surface area contributed by atoms with Gasteiger partial charge in [-0.05, 0) is 54.9 Å². The fourth-order valence-electron chi connectivity index (χ4n) is 9.72. The van der Waals surface area contributed by atoms with Crippen LogP contribution >= 0.6 is 0 Å². The molecule has 9 N–H and O–H groups in total. The molecular formula is C32H49N3O8. The molecule has 2 saturated carbocycles. The van der Waals surface area contributed by atoms with Crippen molar-refractivity contribution >= 4 is 23.5 Å². The Labute approximate surface area is 253 Å². The van der Waals surface area contributed by atoms with Gasteiger partial charge in [0, 0.05) is 47.1 Å². The lowest BCUT2D eigenvalue weighted by atomic mass is 9.42. The number of nitrogens with two attached hydrogens (primary N) is 2. The standard InChI is InChI=1S/C32H49N3O8/c1-14(16(13-35-28(33)34)26(41)25(40)15(2)27(42)43)17-10-22(39)32(7)24-18(36)11-20-29(3,4)21(38)8-9-30(20,5)23(24)19(37)12-31(17,32)6/h14,16-18,20,22,26,36,39-41H,8-13H2,1-7H3,(H,42,43)(H4,33,34,35). The highest BCUT2D eigenvalue weighted by atomic mass is 16.4. The van der Waals surface area contributed by atoms with E-state index in [9.17, 15) is 39.9 Å². The van der Waals surface area contributed by atoms with Crippen molar-refractivity contribution in [2.45, 2.75) is 98.9 Å². The van der Waals surface area contributed by atoms with E-state index >= 15 is 0 Å². The first-order chi connectivity index (χ1) is 19.7. The maximum absolute atomic E-state index is 14.3. The molecule has 0 saturated heterocycles. The molecule has 2 fully saturated rings. The molecule has 43 heavy (non-hydrogen) atoms. The summed E-state index contributed by atoms with van der Waals surface area (Å²) in [5, 5.41) is 55.0. The van der Waals surface area contributed by atoms with E-state index in [1.807, 2.05) is 41.5 Å². The number of aliphatic hydroxyl groups excluding tert-OH is 4. The zero-order chi connectivity index (χ0) is 32.6. The number of rotatable bonds is 7. The van der Waals surface area contributed by atoms with Crippen LogP contribution in [0, 0.1) is 45.3 Å². The molecule has 11 heteroatoms. The second-order valence-corrected chi connectivity index (χ2v) is 14.8. The molecule has 10 unspecified atom stereocenters. The van der Waals surface area contributed by atoms with Gasteiger partial charge in [0.15, 0.2) is 11.7 Å². The third kappa shape index (κ3) is 4.64. The molecule has 4 rings (SSSR count). The highest BCUT2D eigenvalue weighted by molar-refractivity contribution is 6.01. The Balaban J connectivity index is 1.84. The molecule has 4 aliphatic rings. The number of allylic oxidation sites excluding steroid dienone is 1. The van der Waals surface area contributed by atoms with Crippen LogP contribution in [-0.2, 0) is 14.4 Å². The SMILES string of the molecule is CC(C(=O)O)=C(O)C(O)C(CN=C(N)N)C(C)C1CC(O)C2(C)C3=C(C(=O)CC12C)C1(C)CCC(=O)C(C)(C)C1CC3O. The summed E-state index contributed by atoms with van der Waals surface area (Å²) in [6.45, 7) is 12.5. The number of carbonyl (C=O) groups is 3. The van der Waals surface area contributed by atoms with Crippen LogP contribution in [0.4, 0.5) is 0 Å². The molecule has 0 spiro atoms. The lowest BCUT2D eigenvalue weighted by molar-refractivity contribution is -0.146. The molecule has 0 heterocycles. The van der Waals surface area contributed by atoms with Gasteiger partial charge in [-0.1, -0.05) is 41.5 Å². The van der Waals surface area contributed by atoms with E-state index in [-0.39, 0.29) is 42.8 Å². The Morgan fingerprint density at radius 3 is 2.23 bits per heavy atom. The maximum atomic E-state index is 14.3. The monoisotopic (exact) mass is 603 g/mol. The quantitative estimate of drug-likeness (QED) is 0.0974. The summed E-state index contributed by atoms with van der Waals surface area (Å²) in [4.78, 5) is 42.9. The van der Waals surface area contributed by atoms with Gasteiger partial charge in [0.25, 0.3) is 0 Å². The van der Waals surface area contributed by atoms with E-state index in [2.05, 4.69) is 4.99 Å². The lowest BCUT2D eigenvalue weighted by Crippen LogP contribution is -2.60. The van der Waals surface area contributed by atoms with Crippen LogP contribution in [-0.4, -0.2) is 73.9 Å². The van der Waals surface area contributed by atoms with Crippen molar-refractivity contribution in [3.63, 3.8) is 0 Å². The molecule has 0 aromatic carbocycles. The molecule has 240 valence electrons. The van der Waals surface area contributed by atoms with Crippen LogP contribution in [0.25, 0.3) is 0 Å². The molecule has 10 atom stereocenters. The number of hydrogen-bond donors (Lipinski definition) is 7. The zero-order valence-electron chi connectivity index (χ0n) is 26.3. The van der Waals surface area contributed by atoms with E-state index in [1.165, 1.54) is 6.92 Å². The molecule has 4 aliphatic carbocycles. The fraction of sp³-hybridized carbons (Fsp3) is 0.750. The van der Waals surface area contributed by atoms with Crippen LogP contribution in [0.15, 0.2) is 27.5 Å². The predicted octanol–water partition coefficient (Wildman–Crippen LogP) is 2.23. The molecule has 0 aromatic rings. The first kappa shape index (κ1) is 33.1. The lowest BCUT2D eigenvalue weighted by Gasteiger charge is -2.61. The Bertz CT molecular complexity index is 1320. The maximum Gasteiger partial charge on any atom is 0.334 e. The Morgan fingerprint density at radius 2 is 1.67 bits per heavy atom. The van der Waals surface area contributed by atoms with E-state index in [4.69, 9.17) is 11.5 Å². The number of aliphatic imine (C=N–C) groups is 1. The van der Waals surface area contributed by atoms with Crippen LogP contribution < -0.4 is 11.5 Å². The number of nitrogens with zero attached hydrogens (tertiary/aromatic N) is 1. The molecule has 0 aromatic heterocycles. The van der Waals surface area contributed by atoms with Crippen molar-refractivity contribution in [1.29, 1.82) is 0 Å². The van der Waals surface area contributed by atoms with Crippen LogP contribution in [0.5, 0.6) is 0 Å². The number of carboxylic acid groups (broad SMARTS) is 1. The molecule has 11 nitrogen and oxygen atoms in total. The van der Waals surface area contributed by atoms with Gasteiger partial charge < -0.3 is 37.0 Å². The molecule has 0 amide bonds. The Hall–Kier alpha value is -2.76. The van der Waals surface area contributed by atoms with E-state index in [0.717, 1.165) is 0 Å². The number of carboxylic acids is 1. The second kappa shape index (κ2) is 10.7. The van der Waals surface area contributed by atoms with Gasteiger partial charge in [0.1, 0.15) is 17.6 Å². The van der Waals surface area contributed by atoms with Crippen molar-refractivity contribution in [2.24, 2.45) is 61.8 Å². The number of aliphatic hydroxyl groups is 4. The third-order valence-corrected chi connectivity index (χ3v) is 12.6. The summed E-state index contributed by atoms with van der Waals surface area (Å²) in [5.41, 5.74) is 8.66. The third-order valence-electron chi connectivity index (χ3n) is 12.6. The van der Waals surface area contributed by atoms with Crippen molar-refractivity contribution < 1.29 is 39.9 Å². The Morgan fingerprint density at radius 1 is 1.07 bits per heavy atom. The minimum atomic E-state index is -1.63. The number of guanidine groups is 1. The van der Waals surface area contributed by atoms with E-state index in [0.29, 0.717) is 30.4 Å². The largest absolute Gasteiger partial charge is 0.509 e. The van der Waals surface area contributed by atoms with Gasteiger partial charge in [-0.3, -0.25) is 14.6 Å². The number of carbonyl (C=O) groups excluding carboxylic acids is 2. The Kier molecular flexibility index (Phi) is 8.24. The summed E-state index contributed by atoms with van der Waals surface area (Å²) in [7, 11) is 0. The van der Waals surface area contributed by atoms with Gasteiger partial charge in [-0.15, -0.1) is 0 Å². The van der Waals surface area contributed by atoms with Crippen LogP contribution in [0.3, 0.4) is 0 Å². The molecule has 0 radical (unpaired) electrons. The highest BCUT2D eigenvalue weighted by Gasteiger charge is 2.70. The smallest absolute Gasteiger partial charge is 0.334 e. The summed E-state index contributed by atoms with van der Waals surface area (Å²) >= 11 is 0. The summed E-state index contributed by atoms with van der Waals surface area (Å²) in [5.74, 6) is -4.31. The van der Waals surface area contributed by atoms with Gasteiger partial charge in [0.2, 0.25) is 0 Å². The van der Waals surface area contributed by atoms with E-state index < -0.39 is 75.0 Å². The van der Waals surface area contributed by atoms with Crippen molar-refractivity contribution in [1.82, 2.24) is 0 Å². The highest BCUT2D eigenvalue weighted by Crippen LogP contribution is 2.71. The number of Topliss-reactive ketones (excluding diaryl/α,β-unsaturated/α-hetero) is 2. The number of hydrogen-bond acceptors (Lipinski definition) is 8. The van der Waals surface area contributed by atoms with Crippen LogP contribution in [0.1, 0.15) is 80.6 Å². The first-order valence-corrected chi connectivity index (χ1v) is 15.2. The minimum absolute atomic E-state index is 0.0822. The zero-order valence-corrected chi connectivity index (χ0v) is 26.3. The van der Waals surface area contributed by atoms with Crippen molar-refractivity contribution in [3.8, 4) is 0 Å². The second-order valence-electron chi connectivity index (χ2n) is 14.8. The van der Waals surface area contributed by atoms with Gasteiger partial charge in [-0.25, -0.2) is 4.79 Å². The van der Waals surface area contributed by atoms with Crippen molar-refractivity contribution in [3.05, 3.63) is 22.5 Å². The number of ketones is 2. The number of fused-ring (bicyclic) bond motifs is 4. The van der Waals surface area contributed by atoms with E-state index in [1.54, 1.807) is 0 Å².